The van der Waals surface area contributed by atoms with Gasteiger partial charge in [0.25, 0.3) is 0 Å². The minimum Gasteiger partial charge on any atom is -0.508 e. The Morgan fingerprint density at radius 3 is 2.22 bits per heavy atom. The van der Waals surface area contributed by atoms with Gasteiger partial charge in [0.2, 0.25) is 11.8 Å². The SMILES string of the molecule is CCC(=C(c1ccc(O)cc1)c1ccc(/C=C/C(=O)NCCCCCNC(=O)CCc2nc3ccc(OC)cc3[nH]2)cc1)c1ccccc1. The molecule has 0 fully saturated rings. The number of aromatic hydroxyl groups is 1. The molecule has 0 radical (unpaired) electrons. The summed E-state index contributed by atoms with van der Waals surface area (Å²) in [6.07, 6.45) is 7.71. The number of allylic oxidation sites excluding steroid dienone is 1. The molecule has 252 valence electrons. The van der Waals surface area contributed by atoms with Crippen molar-refractivity contribution in [2.24, 2.45) is 0 Å². The summed E-state index contributed by atoms with van der Waals surface area (Å²) in [5, 5.41) is 15.8. The van der Waals surface area contributed by atoms with E-state index in [-0.39, 0.29) is 17.6 Å². The summed E-state index contributed by atoms with van der Waals surface area (Å²) in [5.74, 6) is 1.64. The Hall–Kier alpha value is -5.63. The van der Waals surface area contributed by atoms with Crippen LogP contribution >= 0.6 is 0 Å². The van der Waals surface area contributed by atoms with E-state index in [1.54, 1.807) is 25.3 Å². The van der Waals surface area contributed by atoms with E-state index in [0.29, 0.717) is 25.9 Å². The molecule has 4 aromatic carbocycles. The molecule has 0 saturated heterocycles. The first-order valence-corrected chi connectivity index (χ1v) is 16.9. The minimum absolute atomic E-state index is 0.000827. The number of aromatic amines is 1. The van der Waals surface area contributed by atoms with Gasteiger partial charge < -0.3 is 25.5 Å². The standard InChI is InChI=1S/C41H44N4O4/c1-3-35(30-10-6-4-7-11-30)41(32-17-19-33(46)20-18-32)31-15-12-29(13-16-31)14-24-39(47)42-26-8-5-9-27-43-40(48)25-23-38-44-36-22-21-34(49-2)28-37(36)45-38/h4,6-7,10-22,24,28,46H,3,5,8-9,23,25-27H2,1-2H3,(H,42,47)(H,43,48)(H,44,45)/b24-14+,41-35?. The number of phenolic OH excluding ortho intramolecular Hbond substituents is 1. The van der Waals surface area contributed by atoms with Gasteiger partial charge in [0.05, 0.1) is 18.1 Å². The van der Waals surface area contributed by atoms with Crippen LogP contribution in [0.5, 0.6) is 11.5 Å². The van der Waals surface area contributed by atoms with Gasteiger partial charge in [-0.25, -0.2) is 4.98 Å². The maximum absolute atomic E-state index is 12.4. The van der Waals surface area contributed by atoms with Crippen molar-refractivity contribution >= 4 is 40.1 Å². The molecule has 0 aliphatic rings. The highest BCUT2D eigenvalue weighted by Crippen LogP contribution is 2.35. The third kappa shape index (κ3) is 9.93. The molecule has 0 bridgehead atoms. The second kappa shape index (κ2) is 17.5. The van der Waals surface area contributed by atoms with Gasteiger partial charge in [-0.3, -0.25) is 9.59 Å². The lowest BCUT2D eigenvalue weighted by molar-refractivity contribution is -0.121. The molecule has 0 unspecified atom stereocenters. The number of amides is 2. The van der Waals surface area contributed by atoms with E-state index in [2.05, 4.69) is 51.8 Å². The van der Waals surface area contributed by atoms with Crippen LogP contribution in [-0.2, 0) is 16.0 Å². The number of H-pyrrole nitrogens is 1. The molecule has 0 atom stereocenters. The third-order valence-corrected chi connectivity index (χ3v) is 8.36. The second-order valence-corrected chi connectivity index (χ2v) is 11.8. The molecular weight excluding hydrogens is 612 g/mol. The maximum Gasteiger partial charge on any atom is 0.243 e. The quantitative estimate of drug-likeness (QED) is 0.0494. The molecule has 4 N–H and O–H groups in total. The lowest BCUT2D eigenvalue weighted by atomic mass is 9.88. The van der Waals surface area contributed by atoms with E-state index in [4.69, 9.17) is 4.74 Å². The zero-order chi connectivity index (χ0) is 34.4. The summed E-state index contributed by atoms with van der Waals surface area (Å²) >= 11 is 0. The number of ether oxygens (including phenoxy) is 1. The fourth-order valence-corrected chi connectivity index (χ4v) is 5.77. The first-order chi connectivity index (χ1) is 23.9. The highest BCUT2D eigenvalue weighted by Gasteiger charge is 2.13. The topological polar surface area (TPSA) is 116 Å². The van der Waals surface area contributed by atoms with Gasteiger partial charge in [0, 0.05) is 38.1 Å². The van der Waals surface area contributed by atoms with E-state index in [0.717, 1.165) is 76.1 Å². The van der Waals surface area contributed by atoms with Crippen molar-refractivity contribution in [3.05, 3.63) is 131 Å². The fourth-order valence-electron chi connectivity index (χ4n) is 5.77. The van der Waals surface area contributed by atoms with Crippen molar-refractivity contribution in [2.75, 3.05) is 20.2 Å². The lowest BCUT2D eigenvalue weighted by Crippen LogP contribution is -2.25. The number of fused-ring (bicyclic) bond motifs is 1. The van der Waals surface area contributed by atoms with Crippen LogP contribution < -0.4 is 15.4 Å². The van der Waals surface area contributed by atoms with Crippen LogP contribution in [0.25, 0.3) is 28.3 Å². The van der Waals surface area contributed by atoms with E-state index in [9.17, 15) is 14.7 Å². The summed E-state index contributed by atoms with van der Waals surface area (Å²) in [7, 11) is 1.63. The van der Waals surface area contributed by atoms with Crippen molar-refractivity contribution in [1.82, 2.24) is 20.6 Å². The molecule has 49 heavy (non-hydrogen) atoms. The predicted molar refractivity (Wildman–Crippen MR) is 197 cm³/mol. The molecule has 0 saturated carbocycles. The number of methoxy groups -OCH3 is 1. The number of aromatic nitrogens is 2. The van der Waals surface area contributed by atoms with Crippen LogP contribution in [0.1, 0.15) is 67.1 Å². The number of benzene rings is 4. The smallest absolute Gasteiger partial charge is 0.243 e. The lowest BCUT2D eigenvalue weighted by Gasteiger charge is -2.16. The van der Waals surface area contributed by atoms with E-state index in [1.807, 2.05) is 66.7 Å². The molecule has 0 aliphatic heterocycles. The van der Waals surface area contributed by atoms with Gasteiger partial charge >= 0.3 is 0 Å². The Kier molecular flexibility index (Phi) is 12.4. The summed E-state index contributed by atoms with van der Waals surface area (Å²) in [4.78, 5) is 32.5. The van der Waals surface area contributed by atoms with Gasteiger partial charge in [-0.2, -0.15) is 0 Å². The maximum atomic E-state index is 12.4. The van der Waals surface area contributed by atoms with Crippen LogP contribution in [0.3, 0.4) is 0 Å². The highest BCUT2D eigenvalue weighted by molar-refractivity contribution is 5.99. The number of unbranched alkanes of at least 4 members (excludes halogenated alkanes) is 2. The van der Waals surface area contributed by atoms with Crippen LogP contribution in [0, 0.1) is 0 Å². The zero-order valence-electron chi connectivity index (χ0n) is 28.2. The van der Waals surface area contributed by atoms with E-state index in [1.165, 1.54) is 5.57 Å². The Labute approximate surface area is 288 Å². The van der Waals surface area contributed by atoms with E-state index < -0.39 is 0 Å². The van der Waals surface area contributed by atoms with Crippen LogP contribution in [0.15, 0.2) is 103 Å². The minimum atomic E-state index is -0.136. The molecule has 8 heteroatoms. The Balaban J connectivity index is 1.03. The average molecular weight is 657 g/mol. The Morgan fingerprint density at radius 1 is 0.837 bits per heavy atom. The number of hydrogen-bond acceptors (Lipinski definition) is 5. The van der Waals surface area contributed by atoms with Crippen molar-refractivity contribution in [1.29, 1.82) is 0 Å². The van der Waals surface area contributed by atoms with Crippen LogP contribution in [0.2, 0.25) is 0 Å². The third-order valence-electron chi connectivity index (χ3n) is 8.36. The van der Waals surface area contributed by atoms with Crippen molar-refractivity contribution < 1.29 is 19.4 Å². The zero-order valence-corrected chi connectivity index (χ0v) is 28.2. The van der Waals surface area contributed by atoms with Gasteiger partial charge in [0.1, 0.15) is 17.3 Å². The number of rotatable bonds is 16. The van der Waals surface area contributed by atoms with Crippen molar-refractivity contribution in [3.63, 3.8) is 0 Å². The van der Waals surface area contributed by atoms with Gasteiger partial charge in [-0.1, -0.05) is 73.7 Å². The number of phenols is 1. The molecular formula is C41H44N4O4. The van der Waals surface area contributed by atoms with E-state index >= 15 is 0 Å². The van der Waals surface area contributed by atoms with Crippen molar-refractivity contribution in [2.45, 2.75) is 45.4 Å². The first-order valence-electron chi connectivity index (χ1n) is 16.9. The monoisotopic (exact) mass is 656 g/mol. The van der Waals surface area contributed by atoms with Crippen molar-refractivity contribution in [3.8, 4) is 11.5 Å². The largest absolute Gasteiger partial charge is 0.508 e. The first kappa shape index (κ1) is 34.7. The number of aryl methyl sites for hydroxylation is 1. The molecule has 8 nitrogen and oxygen atoms in total. The summed E-state index contributed by atoms with van der Waals surface area (Å²) in [5.41, 5.74) is 8.27. The Morgan fingerprint density at radius 2 is 1.53 bits per heavy atom. The number of carbonyl (C=O) groups excluding carboxylic acids is 2. The van der Waals surface area contributed by atoms with Crippen LogP contribution in [0.4, 0.5) is 0 Å². The molecule has 1 heterocycles. The molecule has 0 spiro atoms. The number of carbonyl (C=O) groups is 2. The summed E-state index contributed by atoms with van der Waals surface area (Å²) in [6, 6.07) is 31.5. The summed E-state index contributed by atoms with van der Waals surface area (Å²) < 4.78 is 5.25. The second-order valence-electron chi connectivity index (χ2n) is 11.8. The normalized spacial score (nSPS) is 11.8. The molecule has 1 aromatic heterocycles. The van der Waals surface area contributed by atoms with Gasteiger partial charge in [0.15, 0.2) is 0 Å². The highest BCUT2D eigenvalue weighted by atomic mass is 16.5. The molecule has 2 amide bonds. The predicted octanol–water partition coefficient (Wildman–Crippen LogP) is 7.69. The van der Waals surface area contributed by atoms with Crippen LogP contribution in [-0.4, -0.2) is 47.1 Å². The average Bonchev–Trinajstić information content (AvgIpc) is 3.55. The number of nitrogens with one attached hydrogen (secondary N) is 3. The number of imidazole rings is 1. The number of nitrogens with zero attached hydrogens (tertiary/aromatic N) is 1. The molecule has 0 aliphatic carbocycles. The van der Waals surface area contributed by atoms with Gasteiger partial charge in [-0.15, -0.1) is 0 Å². The molecule has 5 aromatic rings. The summed E-state index contributed by atoms with van der Waals surface area (Å²) in [6.45, 7) is 3.34. The number of hydrogen-bond donors (Lipinski definition) is 4. The fraction of sp³-hybridized carbons (Fsp3) is 0.244. The van der Waals surface area contributed by atoms with Gasteiger partial charge in [-0.05, 0) is 89.4 Å². The molecule has 5 rings (SSSR count). The Bertz CT molecular complexity index is 1890.